The van der Waals surface area contributed by atoms with Crippen LogP contribution in [0.25, 0.3) is 0 Å². The predicted octanol–water partition coefficient (Wildman–Crippen LogP) is 4.33. The lowest BCUT2D eigenvalue weighted by Crippen LogP contribution is -1.98. The molecule has 100 valence electrons. The smallest absolute Gasteiger partial charge is 0.266 e. The lowest BCUT2D eigenvalue weighted by Gasteiger charge is -2.09. The third-order valence-corrected chi connectivity index (χ3v) is 4.55. The third-order valence-electron chi connectivity index (χ3n) is 2.10. The van der Waals surface area contributed by atoms with Crippen molar-refractivity contribution < 1.29 is 13.2 Å². The van der Waals surface area contributed by atoms with Crippen LogP contribution in [0.2, 0.25) is 0 Å². The second-order valence-electron chi connectivity index (χ2n) is 3.42. The summed E-state index contributed by atoms with van der Waals surface area (Å²) in [4.78, 5) is 3.71. The highest BCUT2D eigenvalue weighted by Gasteiger charge is 2.18. The van der Waals surface area contributed by atoms with Crippen LogP contribution in [0.1, 0.15) is 0 Å². The van der Waals surface area contributed by atoms with Crippen molar-refractivity contribution in [3.05, 3.63) is 45.5 Å². The summed E-state index contributed by atoms with van der Waals surface area (Å²) in [6.45, 7) is 0. The molecule has 0 aliphatic rings. The van der Waals surface area contributed by atoms with Gasteiger partial charge in [-0.25, -0.2) is 13.4 Å². The van der Waals surface area contributed by atoms with Crippen LogP contribution in [0.4, 0.5) is 0 Å². The van der Waals surface area contributed by atoms with Gasteiger partial charge in [0.05, 0.1) is 4.47 Å². The maximum absolute atomic E-state index is 11.4. The van der Waals surface area contributed by atoms with E-state index in [2.05, 4.69) is 36.8 Å². The quantitative estimate of drug-likeness (QED) is 0.685. The van der Waals surface area contributed by atoms with E-state index in [1.807, 2.05) is 0 Å². The molecule has 0 spiro atoms. The van der Waals surface area contributed by atoms with Crippen LogP contribution in [0.15, 0.2) is 50.4 Å². The minimum atomic E-state index is -3.91. The van der Waals surface area contributed by atoms with E-state index >= 15 is 0 Å². The van der Waals surface area contributed by atoms with Crippen molar-refractivity contribution in [1.29, 1.82) is 0 Å². The second-order valence-corrected chi connectivity index (χ2v) is 7.73. The topological polar surface area (TPSA) is 56.3 Å². The maximum atomic E-state index is 11.4. The molecule has 1 aromatic carbocycles. The minimum absolute atomic E-state index is 0.0690. The fourth-order valence-corrected chi connectivity index (χ4v) is 3.32. The number of halogens is 3. The van der Waals surface area contributed by atoms with Crippen LogP contribution < -0.4 is 4.74 Å². The lowest BCUT2D eigenvalue weighted by atomic mass is 10.3. The summed E-state index contributed by atoms with van der Waals surface area (Å²) >= 11 is 6.62. The number of rotatable bonds is 3. The molecule has 0 fully saturated rings. The molecule has 19 heavy (non-hydrogen) atoms. The number of hydrogen-bond acceptors (Lipinski definition) is 4. The lowest BCUT2D eigenvalue weighted by molar-refractivity contribution is 0.445. The van der Waals surface area contributed by atoms with Gasteiger partial charge in [-0.3, -0.25) is 0 Å². The number of nitrogens with zero attached hydrogens (tertiary/aromatic N) is 1. The molecule has 0 radical (unpaired) electrons. The Morgan fingerprint density at radius 2 is 1.95 bits per heavy atom. The normalized spacial score (nSPS) is 11.3. The van der Waals surface area contributed by atoms with Crippen LogP contribution in [-0.2, 0) is 9.05 Å². The van der Waals surface area contributed by atoms with Crippen molar-refractivity contribution in [2.75, 3.05) is 0 Å². The first-order valence-electron chi connectivity index (χ1n) is 4.90. The zero-order chi connectivity index (χ0) is 14.0. The minimum Gasteiger partial charge on any atom is -0.436 e. The number of ether oxygens (including phenoxy) is 1. The Morgan fingerprint density at radius 3 is 2.58 bits per heavy atom. The van der Waals surface area contributed by atoms with Gasteiger partial charge in [0.1, 0.15) is 10.6 Å². The molecular formula is C11H6Br2ClNO3S. The highest BCUT2D eigenvalue weighted by Crippen LogP contribution is 2.34. The molecule has 0 saturated heterocycles. The molecule has 0 unspecified atom stereocenters. The molecule has 1 aromatic heterocycles. The van der Waals surface area contributed by atoms with Gasteiger partial charge in [-0.1, -0.05) is 15.9 Å². The van der Waals surface area contributed by atoms with E-state index in [4.69, 9.17) is 15.4 Å². The molecule has 0 bridgehead atoms. The van der Waals surface area contributed by atoms with Crippen molar-refractivity contribution in [3.8, 4) is 11.6 Å². The predicted molar refractivity (Wildman–Crippen MR) is 79.2 cm³/mol. The van der Waals surface area contributed by atoms with Gasteiger partial charge >= 0.3 is 0 Å². The molecule has 0 aliphatic heterocycles. The summed E-state index contributed by atoms with van der Waals surface area (Å²) in [6.07, 6.45) is 1.42. The SMILES string of the molecule is O=S(=O)(Cl)c1cccnc1Oc1ccc(Br)cc1Br. The average molecular weight is 428 g/mol. The highest BCUT2D eigenvalue weighted by atomic mass is 79.9. The molecule has 0 amide bonds. The maximum Gasteiger partial charge on any atom is 0.266 e. The van der Waals surface area contributed by atoms with Crippen LogP contribution >= 0.6 is 42.5 Å². The summed E-state index contributed by atoms with van der Waals surface area (Å²) in [5.41, 5.74) is 0. The summed E-state index contributed by atoms with van der Waals surface area (Å²) in [7, 11) is 1.41. The number of aromatic nitrogens is 1. The molecule has 0 saturated carbocycles. The van der Waals surface area contributed by atoms with Gasteiger partial charge in [0.25, 0.3) is 9.05 Å². The molecule has 1 heterocycles. The van der Waals surface area contributed by atoms with Gasteiger partial charge in [-0.15, -0.1) is 0 Å². The van der Waals surface area contributed by atoms with E-state index in [0.717, 1.165) is 4.47 Å². The molecule has 4 nitrogen and oxygen atoms in total. The van der Waals surface area contributed by atoms with Crippen LogP contribution in [0.5, 0.6) is 11.6 Å². The van der Waals surface area contributed by atoms with Gasteiger partial charge < -0.3 is 4.74 Å². The summed E-state index contributed by atoms with van der Waals surface area (Å²) < 4.78 is 29.8. The molecular weight excluding hydrogens is 421 g/mol. The monoisotopic (exact) mass is 425 g/mol. The zero-order valence-electron chi connectivity index (χ0n) is 9.18. The van der Waals surface area contributed by atoms with E-state index in [0.29, 0.717) is 10.2 Å². The first-order chi connectivity index (χ1) is 8.88. The Hall–Kier alpha value is -0.630. The zero-order valence-corrected chi connectivity index (χ0v) is 13.9. The highest BCUT2D eigenvalue weighted by molar-refractivity contribution is 9.11. The van der Waals surface area contributed by atoms with Gasteiger partial charge in [-0.05, 0) is 46.3 Å². The first kappa shape index (κ1) is 14.8. The van der Waals surface area contributed by atoms with Gasteiger partial charge in [-0.2, -0.15) is 0 Å². The summed E-state index contributed by atoms with van der Waals surface area (Å²) in [5, 5.41) is 0. The van der Waals surface area contributed by atoms with Crippen LogP contribution in [-0.4, -0.2) is 13.4 Å². The van der Waals surface area contributed by atoms with Crippen molar-refractivity contribution >= 4 is 51.6 Å². The number of benzene rings is 1. The average Bonchev–Trinajstić information content (AvgIpc) is 2.32. The molecule has 8 heteroatoms. The fraction of sp³-hybridized carbons (Fsp3) is 0. The van der Waals surface area contributed by atoms with Crippen molar-refractivity contribution in [2.45, 2.75) is 4.90 Å². The van der Waals surface area contributed by atoms with Crippen molar-refractivity contribution in [2.24, 2.45) is 0 Å². The van der Waals surface area contributed by atoms with Crippen molar-refractivity contribution in [1.82, 2.24) is 4.98 Å². The van der Waals surface area contributed by atoms with Crippen LogP contribution in [0.3, 0.4) is 0 Å². The van der Waals surface area contributed by atoms with E-state index in [-0.39, 0.29) is 10.8 Å². The van der Waals surface area contributed by atoms with E-state index < -0.39 is 9.05 Å². The first-order valence-corrected chi connectivity index (χ1v) is 8.80. The Morgan fingerprint density at radius 1 is 1.21 bits per heavy atom. The van der Waals surface area contributed by atoms with Gasteiger partial charge in [0.15, 0.2) is 0 Å². The summed E-state index contributed by atoms with van der Waals surface area (Å²) in [6, 6.07) is 8.01. The second kappa shape index (κ2) is 5.78. The Bertz CT molecular complexity index is 722. The summed E-state index contributed by atoms with van der Waals surface area (Å²) in [5.74, 6) is 0.365. The van der Waals surface area contributed by atoms with Gasteiger partial charge in [0, 0.05) is 21.4 Å². The molecule has 0 atom stereocenters. The van der Waals surface area contributed by atoms with Crippen molar-refractivity contribution in [3.63, 3.8) is 0 Å². The third kappa shape index (κ3) is 3.68. The Labute approximate surface area is 131 Å². The van der Waals surface area contributed by atoms with E-state index in [1.165, 1.54) is 18.3 Å². The van der Waals surface area contributed by atoms with E-state index in [1.54, 1.807) is 18.2 Å². The Balaban J connectivity index is 2.44. The van der Waals surface area contributed by atoms with Gasteiger partial charge in [0.2, 0.25) is 5.88 Å². The molecule has 2 aromatic rings. The van der Waals surface area contributed by atoms with E-state index in [9.17, 15) is 8.42 Å². The van der Waals surface area contributed by atoms with Crippen LogP contribution in [0, 0.1) is 0 Å². The number of hydrogen-bond donors (Lipinski definition) is 0. The largest absolute Gasteiger partial charge is 0.436 e. The fourth-order valence-electron chi connectivity index (χ4n) is 1.30. The standard InChI is InChI=1S/C11H6Br2ClNO3S/c12-7-3-4-9(8(13)6-7)18-11-10(19(14,16)17)2-1-5-15-11/h1-6H. The number of pyridine rings is 1. The molecule has 0 aliphatic carbocycles. The Kier molecular flexibility index (Phi) is 4.50. The molecule has 2 rings (SSSR count). The molecule has 0 N–H and O–H groups in total.